The molecule has 30 heavy (non-hydrogen) atoms. The molecular weight excluding hydrogens is 388 g/mol. The van der Waals surface area contributed by atoms with E-state index in [9.17, 15) is 14.4 Å². The van der Waals surface area contributed by atoms with E-state index in [1.54, 1.807) is 12.1 Å². The molecule has 0 unspecified atom stereocenters. The summed E-state index contributed by atoms with van der Waals surface area (Å²) in [6.07, 6.45) is -1.05. The van der Waals surface area contributed by atoms with E-state index >= 15 is 0 Å². The predicted octanol–water partition coefficient (Wildman–Crippen LogP) is 3.01. The van der Waals surface area contributed by atoms with Crippen LogP contribution in [0.5, 0.6) is 11.5 Å². The number of nitrogens with two attached hydrogens (primary N) is 1. The van der Waals surface area contributed by atoms with Crippen molar-refractivity contribution in [2.45, 2.75) is 26.9 Å². The average Bonchev–Trinajstić information content (AvgIpc) is 2.72. The number of esters is 1. The second kappa shape index (κ2) is 10.3. The summed E-state index contributed by atoms with van der Waals surface area (Å²) >= 11 is 0. The van der Waals surface area contributed by atoms with E-state index in [1.807, 2.05) is 13.8 Å². The molecule has 0 aliphatic carbocycles. The van der Waals surface area contributed by atoms with Gasteiger partial charge in [0, 0.05) is 11.3 Å². The molecule has 0 fully saturated rings. The minimum Gasteiger partial charge on any atom is -0.493 e. The zero-order valence-electron chi connectivity index (χ0n) is 17.4. The molecule has 0 radical (unpaired) electrons. The number of amides is 2. The van der Waals surface area contributed by atoms with Gasteiger partial charge >= 0.3 is 5.97 Å². The monoisotopic (exact) mass is 414 g/mol. The molecule has 0 aliphatic heterocycles. The quantitative estimate of drug-likeness (QED) is 0.609. The standard InChI is InChI=1S/C22H26N2O6/c1-13(2)12-29-18-10-7-16(11-19(18)28-4)22(27)30-14(3)21(26)24-17-8-5-15(6-9-17)20(23)25/h5-11,13-14H,12H2,1-4H3,(H2,23,25)(H,24,26)/t14-/m0/s1. The highest BCUT2D eigenvalue weighted by atomic mass is 16.5. The van der Waals surface area contributed by atoms with Gasteiger partial charge in [0.15, 0.2) is 17.6 Å². The van der Waals surface area contributed by atoms with Crippen molar-refractivity contribution in [2.24, 2.45) is 11.7 Å². The molecule has 2 aromatic carbocycles. The molecule has 0 bridgehead atoms. The Balaban J connectivity index is 2.00. The minimum atomic E-state index is -1.05. The molecule has 2 rings (SSSR count). The fraction of sp³-hybridized carbons (Fsp3) is 0.318. The third kappa shape index (κ3) is 6.23. The van der Waals surface area contributed by atoms with Gasteiger partial charge in [0.05, 0.1) is 19.3 Å². The molecule has 2 amide bonds. The van der Waals surface area contributed by atoms with Crippen LogP contribution in [0.15, 0.2) is 42.5 Å². The molecular formula is C22H26N2O6. The van der Waals surface area contributed by atoms with E-state index in [0.717, 1.165) is 0 Å². The Morgan fingerprint density at radius 2 is 1.60 bits per heavy atom. The van der Waals surface area contributed by atoms with Crippen LogP contribution in [0, 0.1) is 5.92 Å². The van der Waals surface area contributed by atoms with Crippen LogP contribution < -0.4 is 20.5 Å². The predicted molar refractivity (Wildman–Crippen MR) is 112 cm³/mol. The summed E-state index contributed by atoms with van der Waals surface area (Å²) in [7, 11) is 1.48. The number of ether oxygens (including phenoxy) is 3. The highest BCUT2D eigenvalue weighted by molar-refractivity contribution is 5.98. The molecule has 0 aromatic heterocycles. The number of primary amides is 1. The van der Waals surface area contributed by atoms with Crippen LogP contribution in [0.2, 0.25) is 0 Å². The van der Waals surface area contributed by atoms with Crippen LogP contribution >= 0.6 is 0 Å². The Morgan fingerprint density at radius 3 is 2.17 bits per heavy atom. The van der Waals surface area contributed by atoms with Gasteiger partial charge in [0.1, 0.15) is 0 Å². The van der Waals surface area contributed by atoms with Crippen LogP contribution in [0.25, 0.3) is 0 Å². The van der Waals surface area contributed by atoms with Crippen molar-refractivity contribution in [1.82, 2.24) is 0 Å². The normalized spacial score (nSPS) is 11.5. The van der Waals surface area contributed by atoms with Gasteiger partial charge in [0.2, 0.25) is 5.91 Å². The average molecular weight is 414 g/mol. The van der Waals surface area contributed by atoms with Gasteiger partial charge < -0.3 is 25.3 Å². The van der Waals surface area contributed by atoms with E-state index in [2.05, 4.69) is 5.32 Å². The summed E-state index contributed by atoms with van der Waals surface area (Å²) < 4.78 is 16.2. The minimum absolute atomic E-state index is 0.231. The zero-order chi connectivity index (χ0) is 22.3. The van der Waals surface area contributed by atoms with Crippen molar-refractivity contribution in [2.75, 3.05) is 19.0 Å². The molecule has 0 heterocycles. The fourth-order valence-corrected chi connectivity index (χ4v) is 2.41. The first-order valence-electron chi connectivity index (χ1n) is 9.43. The molecule has 0 saturated carbocycles. The molecule has 0 spiro atoms. The number of carbonyl (C=O) groups is 3. The number of rotatable bonds is 9. The summed E-state index contributed by atoms with van der Waals surface area (Å²) in [5.41, 5.74) is 6.18. The Hall–Kier alpha value is -3.55. The molecule has 3 N–H and O–H groups in total. The van der Waals surface area contributed by atoms with E-state index in [0.29, 0.717) is 35.3 Å². The zero-order valence-corrected chi connectivity index (χ0v) is 17.4. The Bertz CT molecular complexity index is 908. The van der Waals surface area contributed by atoms with Crippen LogP contribution in [-0.4, -0.2) is 37.6 Å². The number of carbonyl (C=O) groups excluding carboxylic acids is 3. The molecule has 8 nitrogen and oxygen atoms in total. The molecule has 0 saturated heterocycles. The lowest BCUT2D eigenvalue weighted by atomic mass is 10.2. The Morgan fingerprint density at radius 1 is 0.967 bits per heavy atom. The van der Waals surface area contributed by atoms with Gasteiger partial charge in [-0.1, -0.05) is 13.8 Å². The topological polar surface area (TPSA) is 117 Å². The van der Waals surface area contributed by atoms with Crippen molar-refractivity contribution in [3.8, 4) is 11.5 Å². The van der Waals surface area contributed by atoms with E-state index in [1.165, 1.54) is 44.4 Å². The summed E-state index contributed by atoms with van der Waals surface area (Å²) in [6.45, 7) is 6.02. The summed E-state index contributed by atoms with van der Waals surface area (Å²) in [5, 5.41) is 2.61. The maximum atomic E-state index is 12.4. The molecule has 160 valence electrons. The SMILES string of the molecule is COc1cc(C(=O)O[C@@H](C)C(=O)Nc2ccc(C(N)=O)cc2)ccc1OCC(C)C. The van der Waals surface area contributed by atoms with Crippen LogP contribution in [0.1, 0.15) is 41.5 Å². The van der Waals surface area contributed by atoms with Crippen molar-refractivity contribution in [1.29, 1.82) is 0 Å². The number of hydrogen-bond donors (Lipinski definition) is 2. The molecule has 2 aromatic rings. The Labute approximate surface area is 175 Å². The van der Waals surface area contributed by atoms with Gasteiger partial charge in [0.25, 0.3) is 5.91 Å². The van der Waals surface area contributed by atoms with Crippen molar-refractivity contribution in [3.63, 3.8) is 0 Å². The Kier molecular flexibility index (Phi) is 7.80. The second-order valence-electron chi connectivity index (χ2n) is 7.05. The van der Waals surface area contributed by atoms with Gasteiger partial charge in [-0.2, -0.15) is 0 Å². The molecule has 8 heteroatoms. The maximum absolute atomic E-state index is 12.4. The number of hydrogen-bond acceptors (Lipinski definition) is 6. The smallest absolute Gasteiger partial charge is 0.339 e. The van der Waals surface area contributed by atoms with Crippen molar-refractivity contribution in [3.05, 3.63) is 53.6 Å². The second-order valence-corrected chi connectivity index (χ2v) is 7.05. The number of nitrogens with one attached hydrogen (secondary N) is 1. The van der Waals surface area contributed by atoms with Gasteiger partial charge in [-0.25, -0.2) is 4.79 Å². The van der Waals surface area contributed by atoms with Crippen molar-refractivity contribution >= 4 is 23.5 Å². The highest BCUT2D eigenvalue weighted by Crippen LogP contribution is 2.29. The third-order valence-electron chi connectivity index (χ3n) is 4.06. The first-order chi connectivity index (χ1) is 14.2. The van der Waals surface area contributed by atoms with Gasteiger partial charge in [-0.3, -0.25) is 9.59 Å². The lowest BCUT2D eigenvalue weighted by Crippen LogP contribution is -2.30. The van der Waals surface area contributed by atoms with E-state index in [4.69, 9.17) is 19.9 Å². The number of anilines is 1. The van der Waals surface area contributed by atoms with Crippen LogP contribution in [0.4, 0.5) is 5.69 Å². The summed E-state index contributed by atoms with van der Waals surface area (Å²) in [4.78, 5) is 35.8. The largest absolute Gasteiger partial charge is 0.493 e. The lowest BCUT2D eigenvalue weighted by molar-refractivity contribution is -0.123. The van der Waals surface area contributed by atoms with Crippen LogP contribution in [-0.2, 0) is 9.53 Å². The van der Waals surface area contributed by atoms with Crippen LogP contribution in [0.3, 0.4) is 0 Å². The first-order valence-corrected chi connectivity index (χ1v) is 9.43. The number of benzene rings is 2. The van der Waals surface area contributed by atoms with Gasteiger partial charge in [-0.05, 0) is 55.3 Å². The third-order valence-corrected chi connectivity index (χ3v) is 4.06. The van der Waals surface area contributed by atoms with E-state index < -0.39 is 23.9 Å². The number of methoxy groups -OCH3 is 1. The molecule has 1 atom stereocenters. The summed E-state index contributed by atoms with van der Waals surface area (Å²) in [5.74, 6) is -0.490. The lowest BCUT2D eigenvalue weighted by Gasteiger charge is -2.15. The van der Waals surface area contributed by atoms with E-state index in [-0.39, 0.29) is 5.56 Å². The van der Waals surface area contributed by atoms with Crippen molar-refractivity contribution < 1.29 is 28.6 Å². The van der Waals surface area contributed by atoms with Gasteiger partial charge in [-0.15, -0.1) is 0 Å². The first kappa shape index (κ1) is 22.7. The molecule has 0 aliphatic rings. The summed E-state index contributed by atoms with van der Waals surface area (Å²) in [6, 6.07) is 10.7. The maximum Gasteiger partial charge on any atom is 0.339 e. The fourth-order valence-electron chi connectivity index (χ4n) is 2.41. The highest BCUT2D eigenvalue weighted by Gasteiger charge is 2.20.